The standard InChI is InChI=1S/C17H18Cl2O2S/c18-15-5-1-13(2-6-15)17(21-10-12-22-11-9-20)14-3-7-16(19)8-4-14/h1-8,17,20H,9-12H2/i9+2. The van der Waals surface area contributed by atoms with Crippen LogP contribution in [-0.2, 0) is 4.74 Å². The molecule has 0 aliphatic carbocycles. The smallest absolute Gasteiger partial charge is 0.108 e. The Morgan fingerprint density at radius 3 is 1.91 bits per heavy atom. The normalized spacial score (nSPS) is 11.1. The monoisotopic (exact) mass is 358 g/mol. The van der Waals surface area contributed by atoms with Crippen LogP contribution in [0.5, 0.6) is 0 Å². The molecule has 2 nitrogen and oxygen atoms in total. The predicted octanol–water partition coefficient (Wildman–Crippen LogP) is 4.82. The lowest BCUT2D eigenvalue weighted by Gasteiger charge is -2.19. The van der Waals surface area contributed by atoms with E-state index in [1.165, 1.54) is 0 Å². The summed E-state index contributed by atoms with van der Waals surface area (Å²) in [6, 6.07) is 15.4. The number of ether oxygens (including phenoxy) is 1. The lowest BCUT2D eigenvalue weighted by Crippen LogP contribution is -2.09. The first-order valence-electron chi connectivity index (χ1n) is 7.02. The molecule has 2 rings (SSSR count). The number of hydrogen-bond acceptors (Lipinski definition) is 3. The van der Waals surface area contributed by atoms with Crippen molar-refractivity contribution in [3.05, 3.63) is 69.7 Å². The minimum atomic E-state index is -0.149. The molecule has 0 saturated carbocycles. The van der Waals surface area contributed by atoms with E-state index in [1.807, 2.05) is 48.5 Å². The highest BCUT2D eigenvalue weighted by atomic mass is 35.5. The molecule has 0 bridgehead atoms. The van der Waals surface area contributed by atoms with Crippen molar-refractivity contribution in [3.63, 3.8) is 0 Å². The molecule has 0 atom stereocenters. The Balaban J connectivity index is 2.10. The lowest BCUT2D eigenvalue weighted by molar-refractivity contribution is 0.0935. The van der Waals surface area contributed by atoms with E-state index < -0.39 is 0 Å². The quantitative estimate of drug-likeness (QED) is 0.685. The third kappa shape index (κ3) is 5.49. The van der Waals surface area contributed by atoms with E-state index in [1.54, 1.807) is 11.8 Å². The Morgan fingerprint density at radius 2 is 1.45 bits per heavy atom. The summed E-state index contributed by atoms with van der Waals surface area (Å²) < 4.78 is 6.05. The van der Waals surface area contributed by atoms with E-state index in [9.17, 15) is 0 Å². The van der Waals surface area contributed by atoms with Crippen molar-refractivity contribution in [2.45, 2.75) is 6.10 Å². The molecule has 2 aromatic carbocycles. The number of aliphatic hydroxyl groups is 1. The zero-order valence-corrected chi connectivity index (χ0v) is 14.4. The van der Waals surface area contributed by atoms with Crippen molar-refractivity contribution < 1.29 is 9.84 Å². The molecular formula is C17H18Cl2O2S. The molecule has 0 heterocycles. The van der Waals surface area contributed by atoms with Crippen LogP contribution in [0.1, 0.15) is 17.2 Å². The van der Waals surface area contributed by atoms with Gasteiger partial charge in [0.15, 0.2) is 0 Å². The lowest BCUT2D eigenvalue weighted by atomic mass is 10.0. The molecule has 0 aliphatic heterocycles. The van der Waals surface area contributed by atoms with Crippen LogP contribution in [0, 0.1) is 0 Å². The van der Waals surface area contributed by atoms with E-state index in [2.05, 4.69) is 0 Å². The molecule has 0 spiro atoms. The molecule has 0 saturated heterocycles. The van der Waals surface area contributed by atoms with Crippen molar-refractivity contribution in [2.75, 3.05) is 24.7 Å². The number of halogens is 2. The molecule has 0 fully saturated rings. The molecule has 5 heteroatoms. The minimum absolute atomic E-state index is 0.149. The van der Waals surface area contributed by atoms with E-state index >= 15 is 0 Å². The second-order valence-corrected chi connectivity index (χ2v) is 6.79. The summed E-state index contributed by atoms with van der Waals surface area (Å²) in [5.74, 6) is 1.58. The van der Waals surface area contributed by atoms with Crippen LogP contribution < -0.4 is 0 Å². The Kier molecular flexibility index (Phi) is 7.56. The van der Waals surface area contributed by atoms with Crippen molar-refractivity contribution >= 4 is 35.0 Å². The number of rotatable bonds is 8. The zero-order chi connectivity index (χ0) is 15.8. The van der Waals surface area contributed by atoms with Crippen LogP contribution in [0.4, 0.5) is 0 Å². The number of benzene rings is 2. The van der Waals surface area contributed by atoms with Gasteiger partial charge in [0.1, 0.15) is 6.10 Å². The van der Waals surface area contributed by atoms with Crippen LogP contribution in [0.25, 0.3) is 0 Å². The van der Waals surface area contributed by atoms with Gasteiger partial charge >= 0.3 is 0 Å². The SMILES string of the molecule is O[14CH2]CSCCOC(c1ccc(Cl)cc1)c1ccc(Cl)cc1. The van der Waals surface area contributed by atoms with Crippen molar-refractivity contribution in [1.82, 2.24) is 0 Å². The van der Waals surface area contributed by atoms with E-state index in [-0.39, 0.29) is 12.7 Å². The molecule has 0 aromatic heterocycles. The maximum Gasteiger partial charge on any atom is 0.108 e. The summed E-state index contributed by atoms with van der Waals surface area (Å²) in [4.78, 5) is 0. The topological polar surface area (TPSA) is 29.5 Å². The van der Waals surface area contributed by atoms with Crippen LogP contribution in [-0.4, -0.2) is 29.8 Å². The van der Waals surface area contributed by atoms with E-state index in [0.29, 0.717) is 16.7 Å². The van der Waals surface area contributed by atoms with Gasteiger partial charge in [-0.3, -0.25) is 0 Å². The van der Waals surface area contributed by atoms with Crippen molar-refractivity contribution in [2.24, 2.45) is 0 Å². The second kappa shape index (κ2) is 9.43. The third-order valence-corrected chi connectivity index (χ3v) is 4.52. The molecule has 0 unspecified atom stereocenters. The van der Waals surface area contributed by atoms with Gasteiger partial charge in [-0.05, 0) is 35.4 Å². The Labute approximate surface area is 145 Å². The first-order valence-corrected chi connectivity index (χ1v) is 8.93. The molecule has 0 radical (unpaired) electrons. The summed E-state index contributed by atoms with van der Waals surface area (Å²) in [6.07, 6.45) is -0.149. The van der Waals surface area contributed by atoms with Gasteiger partial charge in [-0.1, -0.05) is 47.5 Å². The molecular weight excluding hydrogens is 341 g/mol. The number of hydrogen-bond donors (Lipinski definition) is 1. The first kappa shape index (κ1) is 17.6. The third-order valence-electron chi connectivity index (χ3n) is 3.09. The van der Waals surface area contributed by atoms with Crippen molar-refractivity contribution in [3.8, 4) is 0 Å². The fraction of sp³-hybridized carbons (Fsp3) is 0.294. The van der Waals surface area contributed by atoms with Gasteiger partial charge in [0.2, 0.25) is 0 Å². The van der Waals surface area contributed by atoms with Crippen LogP contribution in [0.2, 0.25) is 10.0 Å². The summed E-state index contributed by atoms with van der Waals surface area (Å²) in [6.45, 7) is 0.809. The van der Waals surface area contributed by atoms with Gasteiger partial charge in [0, 0.05) is 21.6 Å². The van der Waals surface area contributed by atoms with Gasteiger partial charge < -0.3 is 9.84 Å². The average Bonchev–Trinajstić information content (AvgIpc) is 2.53. The predicted molar refractivity (Wildman–Crippen MR) is 95.1 cm³/mol. The van der Waals surface area contributed by atoms with Gasteiger partial charge in [-0.25, -0.2) is 0 Å². The van der Waals surface area contributed by atoms with E-state index in [4.69, 9.17) is 33.0 Å². The molecule has 118 valence electrons. The molecule has 2 aromatic rings. The fourth-order valence-corrected chi connectivity index (χ4v) is 2.85. The summed E-state index contributed by atoms with van der Waals surface area (Å²) in [5.41, 5.74) is 2.11. The highest BCUT2D eigenvalue weighted by Crippen LogP contribution is 2.28. The second-order valence-electron chi connectivity index (χ2n) is 4.69. The van der Waals surface area contributed by atoms with Gasteiger partial charge in [0.05, 0.1) is 13.2 Å². The molecule has 0 aliphatic rings. The summed E-state index contributed by atoms with van der Waals surface area (Å²) >= 11 is 13.6. The van der Waals surface area contributed by atoms with Gasteiger partial charge in [-0.15, -0.1) is 0 Å². The maximum absolute atomic E-state index is 8.80. The van der Waals surface area contributed by atoms with Crippen molar-refractivity contribution in [1.29, 1.82) is 0 Å². The summed E-state index contributed by atoms with van der Waals surface area (Å²) in [5, 5.41) is 10.2. The number of thioether (sulfide) groups is 1. The Morgan fingerprint density at radius 1 is 0.955 bits per heavy atom. The van der Waals surface area contributed by atoms with Crippen LogP contribution >= 0.6 is 35.0 Å². The van der Waals surface area contributed by atoms with Crippen LogP contribution in [0.15, 0.2) is 48.5 Å². The fourth-order valence-electron chi connectivity index (χ4n) is 2.05. The Bertz CT molecular complexity index is 512. The highest BCUT2D eigenvalue weighted by Gasteiger charge is 2.14. The highest BCUT2D eigenvalue weighted by molar-refractivity contribution is 7.99. The van der Waals surface area contributed by atoms with Gasteiger partial charge in [0.25, 0.3) is 0 Å². The Hall–Kier alpha value is -0.710. The largest absolute Gasteiger partial charge is 0.396 e. The van der Waals surface area contributed by atoms with Gasteiger partial charge in [-0.2, -0.15) is 11.8 Å². The molecule has 1 N–H and O–H groups in total. The summed E-state index contributed by atoms with van der Waals surface area (Å²) in [7, 11) is 0. The average molecular weight is 359 g/mol. The molecule has 0 amide bonds. The maximum atomic E-state index is 8.80. The first-order chi connectivity index (χ1) is 10.7. The molecule has 22 heavy (non-hydrogen) atoms. The number of aliphatic hydroxyl groups excluding tert-OH is 1. The van der Waals surface area contributed by atoms with Crippen LogP contribution in [0.3, 0.4) is 0 Å². The minimum Gasteiger partial charge on any atom is -0.396 e. The zero-order valence-electron chi connectivity index (χ0n) is 12.0. The van der Waals surface area contributed by atoms with E-state index in [0.717, 1.165) is 22.6 Å².